The van der Waals surface area contributed by atoms with Gasteiger partial charge in [-0.05, 0) is 6.42 Å². The van der Waals surface area contributed by atoms with Crippen molar-refractivity contribution in [3.63, 3.8) is 0 Å². The summed E-state index contributed by atoms with van der Waals surface area (Å²) in [6, 6.07) is -0.222. The van der Waals surface area contributed by atoms with Crippen molar-refractivity contribution in [3.05, 3.63) is 10.7 Å². The Labute approximate surface area is 93.0 Å². The van der Waals surface area contributed by atoms with Gasteiger partial charge in [0.1, 0.15) is 0 Å². The monoisotopic (exact) mass is 228 g/mol. The maximum Gasteiger partial charge on any atom is 0.319 e. The number of carbonyl (C=O) groups excluding carboxylic acids is 1. The largest absolute Gasteiger partial charge is 0.355 e. The van der Waals surface area contributed by atoms with E-state index in [0.29, 0.717) is 29.7 Å². The van der Waals surface area contributed by atoms with Crippen LogP contribution in [-0.4, -0.2) is 36.4 Å². The highest BCUT2D eigenvalue weighted by Gasteiger charge is 2.22. The van der Waals surface area contributed by atoms with Gasteiger partial charge in [-0.2, -0.15) is 0 Å². The average molecular weight is 229 g/mol. The van der Waals surface area contributed by atoms with Crippen LogP contribution in [0.1, 0.15) is 12.8 Å². The standard InChI is InChI=1S/C9H13ClN4O/c10-6-4-12-9(15)13-7(6)5-14-3-1-2-8(14)11/h11H,1-5H2,(H2,12,13,15). The number of amides is 2. The van der Waals surface area contributed by atoms with Crippen LogP contribution < -0.4 is 10.6 Å². The topological polar surface area (TPSA) is 68.2 Å². The van der Waals surface area contributed by atoms with E-state index in [9.17, 15) is 4.79 Å². The number of hydrogen-bond donors (Lipinski definition) is 3. The molecule has 1 fully saturated rings. The predicted molar refractivity (Wildman–Crippen MR) is 57.9 cm³/mol. The first kappa shape index (κ1) is 10.3. The Kier molecular flexibility index (Phi) is 2.81. The van der Waals surface area contributed by atoms with Gasteiger partial charge < -0.3 is 15.5 Å². The highest BCUT2D eigenvalue weighted by molar-refractivity contribution is 6.30. The minimum atomic E-state index is -0.222. The number of amidine groups is 1. The van der Waals surface area contributed by atoms with Gasteiger partial charge in [-0.25, -0.2) is 4.79 Å². The molecule has 5 nitrogen and oxygen atoms in total. The van der Waals surface area contributed by atoms with Crippen molar-refractivity contribution in [1.82, 2.24) is 15.5 Å². The third-order valence-corrected chi connectivity index (χ3v) is 2.93. The molecular formula is C9H13ClN4O. The Bertz CT molecular complexity index is 339. The molecule has 82 valence electrons. The van der Waals surface area contributed by atoms with Crippen LogP contribution in [-0.2, 0) is 0 Å². The van der Waals surface area contributed by atoms with E-state index >= 15 is 0 Å². The molecule has 3 N–H and O–H groups in total. The highest BCUT2D eigenvalue weighted by Crippen LogP contribution is 2.16. The summed E-state index contributed by atoms with van der Waals surface area (Å²) in [5, 5.41) is 13.6. The predicted octanol–water partition coefficient (Wildman–Crippen LogP) is 0.823. The fraction of sp³-hybridized carbons (Fsp3) is 0.556. The van der Waals surface area contributed by atoms with E-state index in [-0.39, 0.29) is 6.03 Å². The summed E-state index contributed by atoms with van der Waals surface area (Å²) in [5.41, 5.74) is 0.715. The van der Waals surface area contributed by atoms with Crippen LogP contribution in [0, 0.1) is 5.41 Å². The molecule has 2 aliphatic rings. The van der Waals surface area contributed by atoms with Gasteiger partial charge in [0.15, 0.2) is 0 Å². The molecule has 15 heavy (non-hydrogen) atoms. The Hall–Kier alpha value is -1.23. The van der Waals surface area contributed by atoms with E-state index in [1.54, 1.807) is 0 Å². The summed E-state index contributed by atoms with van der Waals surface area (Å²) in [7, 11) is 0. The van der Waals surface area contributed by atoms with Crippen molar-refractivity contribution in [2.45, 2.75) is 12.8 Å². The molecule has 0 spiro atoms. The molecule has 2 aliphatic heterocycles. The quantitative estimate of drug-likeness (QED) is 0.655. The molecule has 0 aromatic heterocycles. The smallest absolute Gasteiger partial charge is 0.319 e. The molecular weight excluding hydrogens is 216 g/mol. The first-order valence-corrected chi connectivity index (χ1v) is 5.29. The van der Waals surface area contributed by atoms with Gasteiger partial charge in [0, 0.05) is 13.0 Å². The average Bonchev–Trinajstić information content (AvgIpc) is 2.58. The van der Waals surface area contributed by atoms with Crippen LogP contribution in [0.5, 0.6) is 0 Å². The number of hydrogen-bond acceptors (Lipinski definition) is 2. The first-order valence-electron chi connectivity index (χ1n) is 4.91. The molecule has 2 rings (SSSR count). The van der Waals surface area contributed by atoms with Crippen molar-refractivity contribution in [3.8, 4) is 0 Å². The van der Waals surface area contributed by atoms with Crippen molar-refractivity contribution in [1.29, 1.82) is 5.41 Å². The maximum atomic E-state index is 11.1. The zero-order valence-electron chi connectivity index (χ0n) is 8.27. The molecule has 0 unspecified atom stereocenters. The van der Waals surface area contributed by atoms with E-state index < -0.39 is 0 Å². The molecule has 0 aliphatic carbocycles. The Balaban J connectivity index is 2.04. The third kappa shape index (κ3) is 2.23. The molecule has 6 heteroatoms. The maximum absolute atomic E-state index is 11.1. The zero-order valence-corrected chi connectivity index (χ0v) is 9.02. The third-order valence-electron chi connectivity index (χ3n) is 2.57. The van der Waals surface area contributed by atoms with Crippen LogP contribution in [0.15, 0.2) is 10.7 Å². The summed E-state index contributed by atoms with van der Waals surface area (Å²) in [6.07, 6.45) is 1.83. The van der Waals surface area contributed by atoms with Crippen LogP contribution >= 0.6 is 11.6 Å². The summed E-state index contributed by atoms with van der Waals surface area (Å²) in [4.78, 5) is 13.0. The fourth-order valence-electron chi connectivity index (χ4n) is 1.73. The molecule has 2 amide bonds. The van der Waals surface area contributed by atoms with E-state index in [0.717, 1.165) is 19.4 Å². The summed E-state index contributed by atoms with van der Waals surface area (Å²) in [6.45, 7) is 1.78. The molecule has 0 bridgehead atoms. The molecule has 0 atom stereocenters. The lowest BCUT2D eigenvalue weighted by atomic mass is 10.3. The molecule has 0 aromatic carbocycles. The second-order valence-electron chi connectivity index (χ2n) is 3.66. The number of likely N-dealkylation sites (tertiary alicyclic amines) is 1. The lowest BCUT2D eigenvalue weighted by Crippen LogP contribution is -2.44. The minimum Gasteiger partial charge on any atom is -0.355 e. The van der Waals surface area contributed by atoms with Gasteiger partial charge >= 0.3 is 6.03 Å². The Morgan fingerprint density at radius 1 is 1.53 bits per heavy atom. The number of urea groups is 1. The van der Waals surface area contributed by atoms with Gasteiger partial charge in [-0.1, -0.05) is 11.6 Å². The Morgan fingerprint density at radius 3 is 3.00 bits per heavy atom. The van der Waals surface area contributed by atoms with Gasteiger partial charge in [0.2, 0.25) is 0 Å². The van der Waals surface area contributed by atoms with E-state index in [1.807, 2.05) is 4.90 Å². The summed E-state index contributed by atoms with van der Waals surface area (Å²) in [5.74, 6) is 0.625. The SMILES string of the molecule is N=C1CCCN1CC1=C(Cl)CNC(=O)N1. The van der Waals surface area contributed by atoms with Crippen LogP contribution in [0.4, 0.5) is 4.79 Å². The van der Waals surface area contributed by atoms with E-state index in [2.05, 4.69) is 10.6 Å². The van der Waals surface area contributed by atoms with Crippen LogP contribution in [0.3, 0.4) is 0 Å². The fourth-order valence-corrected chi connectivity index (χ4v) is 1.91. The van der Waals surface area contributed by atoms with Crippen molar-refractivity contribution < 1.29 is 4.79 Å². The molecule has 0 saturated carbocycles. The summed E-state index contributed by atoms with van der Waals surface area (Å²) >= 11 is 5.98. The number of rotatable bonds is 2. The second-order valence-corrected chi connectivity index (χ2v) is 4.12. The van der Waals surface area contributed by atoms with E-state index in [4.69, 9.17) is 17.0 Å². The number of nitrogens with one attached hydrogen (secondary N) is 3. The first-order chi connectivity index (χ1) is 7.16. The molecule has 0 radical (unpaired) electrons. The summed E-state index contributed by atoms with van der Waals surface area (Å²) < 4.78 is 0. The van der Waals surface area contributed by atoms with E-state index in [1.165, 1.54) is 0 Å². The number of carbonyl (C=O) groups is 1. The lowest BCUT2D eigenvalue weighted by Gasteiger charge is -2.24. The van der Waals surface area contributed by atoms with Crippen molar-refractivity contribution in [2.24, 2.45) is 0 Å². The normalized spacial score (nSPS) is 21.8. The van der Waals surface area contributed by atoms with Crippen LogP contribution in [0.25, 0.3) is 0 Å². The van der Waals surface area contributed by atoms with Crippen molar-refractivity contribution in [2.75, 3.05) is 19.6 Å². The molecule has 2 heterocycles. The Morgan fingerprint density at radius 2 is 2.33 bits per heavy atom. The van der Waals surface area contributed by atoms with Crippen molar-refractivity contribution >= 4 is 23.5 Å². The lowest BCUT2D eigenvalue weighted by molar-refractivity contribution is 0.242. The van der Waals surface area contributed by atoms with Gasteiger partial charge in [0.25, 0.3) is 0 Å². The van der Waals surface area contributed by atoms with Gasteiger partial charge in [-0.15, -0.1) is 0 Å². The zero-order chi connectivity index (χ0) is 10.8. The van der Waals surface area contributed by atoms with Crippen LogP contribution in [0.2, 0.25) is 0 Å². The van der Waals surface area contributed by atoms with Gasteiger partial charge in [-0.3, -0.25) is 5.41 Å². The second kappa shape index (κ2) is 4.10. The minimum absolute atomic E-state index is 0.222. The number of nitrogens with zero attached hydrogens (tertiary/aromatic N) is 1. The molecule has 0 aromatic rings. The highest BCUT2D eigenvalue weighted by atomic mass is 35.5. The molecule has 1 saturated heterocycles. The van der Waals surface area contributed by atoms with Gasteiger partial charge in [0.05, 0.1) is 29.7 Å². The number of halogens is 1.